The minimum atomic E-state index is -0.767. The molecule has 0 saturated carbocycles. The van der Waals surface area contributed by atoms with Gasteiger partial charge in [0.05, 0.1) is 10.8 Å². The predicted molar refractivity (Wildman–Crippen MR) is 77.1 cm³/mol. The topological polar surface area (TPSA) is 119 Å². The van der Waals surface area contributed by atoms with Gasteiger partial charge in [0.15, 0.2) is 5.78 Å². The summed E-state index contributed by atoms with van der Waals surface area (Å²) in [6, 6.07) is 7.72. The third kappa shape index (κ3) is 2.54. The number of nitro groups is 1. The summed E-state index contributed by atoms with van der Waals surface area (Å²) >= 11 is 0. The van der Waals surface area contributed by atoms with E-state index in [1.165, 1.54) is 25.1 Å². The quantitative estimate of drug-likeness (QED) is 0.675. The lowest BCUT2D eigenvalue weighted by atomic mass is 9.81. The lowest BCUT2D eigenvalue weighted by Gasteiger charge is -2.26. The summed E-state index contributed by atoms with van der Waals surface area (Å²) in [6.07, 6.45) is 0. The first kappa shape index (κ1) is 15.3. The Labute approximate surface area is 126 Å². The second-order valence-electron chi connectivity index (χ2n) is 4.80. The van der Waals surface area contributed by atoms with E-state index in [0.717, 1.165) is 0 Å². The van der Waals surface area contributed by atoms with Gasteiger partial charge in [-0.3, -0.25) is 14.9 Å². The van der Waals surface area contributed by atoms with Crippen LogP contribution in [0.5, 0.6) is 0 Å². The Hall–Kier alpha value is -3.14. The van der Waals surface area contributed by atoms with Crippen molar-refractivity contribution in [1.82, 2.24) is 0 Å². The van der Waals surface area contributed by atoms with Crippen LogP contribution in [0.25, 0.3) is 0 Å². The number of rotatable bonds is 3. The molecule has 1 atom stereocenters. The zero-order chi connectivity index (χ0) is 16.4. The molecule has 0 amide bonds. The van der Waals surface area contributed by atoms with Crippen LogP contribution < -0.4 is 5.73 Å². The van der Waals surface area contributed by atoms with E-state index < -0.39 is 10.8 Å². The third-order valence-electron chi connectivity index (χ3n) is 3.40. The number of carbonyl (C=O) groups is 1. The van der Waals surface area contributed by atoms with E-state index in [4.69, 9.17) is 10.5 Å². The lowest BCUT2D eigenvalue weighted by molar-refractivity contribution is -0.384. The van der Waals surface area contributed by atoms with Crippen molar-refractivity contribution >= 4 is 11.5 Å². The van der Waals surface area contributed by atoms with Crippen molar-refractivity contribution in [2.45, 2.75) is 19.8 Å². The molecule has 0 aliphatic carbocycles. The molecule has 1 aliphatic rings. The highest BCUT2D eigenvalue weighted by atomic mass is 16.6. The highest BCUT2D eigenvalue weighted by Gasteiger charge is 2.34. The fraction of sp³-hybridized carbons (Fsp3) is 0.200. The number of nitrogens with zero attached hydrogens (tertiary/aromatic N) is 2. The number of ketones is 1. The Morgan fingerprint density at radius 3 is 2.73 bits per heavy atom. The molecule has 7 heteroatoms. The fourth-order valence-electron chi connectivity index (χ4n) is 2.49. The van der Waals surface area contributed by atoms with E-state index >= 15 is 0 Å². The minimum absolute atomic E-state index is 0.0660. The van der Waals surface area contributed by atoms with Crippen LogP contribution in [0.3, 0.4) is 0 Å². The second-order valence-corrected chi connectivity index (χ2v) is 4.80. The van der Waals surface area contributed by atoms with Crippen LogP contribution in [0.1, 0.15) is 25.3 Å². The first-order valence-corrected chi connectivity index (χ1v) is 6.40. The first-order chi connectivity index (χ1) is 10.4. The molecule has 2 N–H and O–H groups in total. The van der Waals surface area contributed by atoms with Crippen LogP contribution in [0.4, 0.5) is 5.69 Å². The van der Waals surface area contributed by atoms with Gasteiger partial charge in [0, 0.05) is 17.7 Å². The normalized spacial score (nSPS) is 17.8. The van der Waals surface area contributed by atoms with E-state index in [9.17, 15) is 20.2 Å². The molecule has 22 heavy (non-hydrogen) atoms. The number of ether oxygens (including phenoxy) is 1. The van der Waals surface area contributed by atoms with Gasteiger partial charge in [0.25, 0.3) is 5.69 Å². The van der Waals surface area contributed by atoms with Crippen molar-refractivity contribution in [3.8, 4) is 6.07 Å². The van der Waals surface area contributed by atoms with E-state index in [0.29, 0.717) is 11.3 Å². The maximum absolute atomic E-state index is 11.9. The Morgan fingerprint density at radius 2 is 2.18 bits per heavy atom. The number of benzene rings is 1. The van der Waals surface area contributed by atoms with Crippen molar-refractivity contribution in [1.29, 1.82) is 5.26 Å². The van der Waals surface area contributed by atoms with E-state index in [1.807, 2.05) is 6.07 Å². The predicted octanol–water partition coefficient (Wildman–Crippen LogP) is 2.27. The molecule has 0 bridgehead atoms. The van der Waals surface area contributed by atoms with E-state index in [1.54, 1.807) is 13.0 Å². The van der Waals surface area contributed by atoms with Gasteiger partial charge in [-0.15, -0.1) is 0 Å². The van der Waals surface area contributed by atoms with Crippen LogP contribution in [-0.4, -0.2) is 10.7 Å². The van der Waals surface area contributed by atoms with Crippen molar-refractivity contribution in [2.24, 2.45) is 5.73 Å². The van der Waals surface area contributed by atoms with Crippen molar-refractivity contribution in [3.05, 3.63) is 62.7 Å². The van der Waals surface area contributed by atoms with Crippen LogP contribution in [-0.2, 0) is 9.53 Å². The molecular formula is C15H13N3O4. The average molecular weight is 299 g/mol. The number of Topliss-reactive ketones (excluding diaryl/α,β-unsaturated/α-hetero) is 1. The average Bonchev–Trinajstić information content (AvgIpc) is 2.46. The van der Waals surface area contributed by atoms with Gasteiger partial charge in [0.2, 0.25) is 5.88 Å². The number of allylic oxidation sites excluding steroid dienone is 3. The lowest BCUT2D eigenvalue weighted by Crippen LogP contribution is -2.23. The van der Waals surface area contributed by atoms with Gasteiger partial charge in [0.1, 0.15) is 17.4 Å². The maximum Gasteiger partial charge on any atom is 0.269 e. The highest BCUT2D eigenvalue weighted by Crippen LogP contribution is 2.40. The van der Waals surface area contributed by atoms with E-state index in [2.05, 4.69) is 0 Å². The minimum Gasteiger partial charge on any atom is -0.445 e. The molecule has 0 radical (unpaired) electrons. The highest BCUT2D eigenvalue weighted by molar-refractivity contribution is 5.96. The molecule has 2 rings (SSSR count). The SMILES string of the molecule is CC(=O)C1=C(C)OC(N)=C(C#N)[C@@H]1c1cccc([N+](=O)[O-])c1. The summed E-state index contributed by atoms with van der Waals surface area (Å²) in [6.45, 7) is 2.92. The van der Waals surface area contributed by atoms with Crippen molar-refractivity contribution < 1.29 is 14.5 Å². The summed E-state index contributed by atoms with van der Waals surface area (Å²) in [5.74, 6) is -0.854. The first-order valence-electron chi connectivity index (χ1n) is 6.40. The van der Waals surface area contributed by atoms with Gasteiger partial charge < -0.3 is 10.5 Å². The maximum atomic E-state index is 11.9. The largest absolute Gasteiger partial charge is 0.445 e. The summed E-state index contributed by atoms with van der Waals surface area (Å²) in [5.41, 5.74) is 6.38. The molecule has 0 aromatic heterocycles. The standard InChI is InChI=1S/C15H13N3O4/c1-8(19)13-9(2)22-15(17)12(7-16)14(13)10-4-3-5-11(6-10)18(20)21/h3-6,14H,17H2,1-2H3/t14-/m0/s1. The van der Waals surface area contributed by atoms with Crippen molar-refractivity contribution in [2.75, 3.05) is 0 Å². The summed E-state index contributed by atoms with van der Waals surface area (Å²) in [4.78, 5) is 22.3. The van der Waals surface area contributed by atoms with Crippen LogP contribution in [0.15, 0.2) is 47.1 Å². The molecular weight excluding hydrogens is 286 g/mol. The second kappa shape index (κ2) is 5.69. The zero-order valence-corrected chi connectivity index (χ0v) is 12.0. The molecule has 7 nitrogen and oxygen atoms in total. The van der Waals surface area contributed by atoms with Gasteiger partial charge in [-0.05, 0) is 19.4 Å². The van der Waals surface area contributed by atoms with Gasteiger partial charge in [-0.25, -0.2) is 0 Å². The van der Waals surface area contributed by atoms with E-state index in [-0.39, 0.29) is 28.5 Å². The van der Waals surface area contributed by atoms with Gasteiger partial charge in [-0.1, -0.05) is 12.1 Å². The van der Waals surface area contributed by atoms with Crippen LogP contribution >= 0.6 is 0 Å². The molecule has 112 valence electrons. The number of hydrogen-bond acceptors (Lipinski definition) is 6. The molecule has 1 heterocycles. The van der Waals surface area contributed by atoms with Gasteiger partial charge in [-0.2, -0.15) is 5.26 Å². The van der Waals surface area contributed by atoms with Crippen LogP contribution in [0, 0.1) is 21.4 Å². The summed E-state index contributed by atoms with van der Waals surface area (Å²) in [5, 5.41) is 20.3. The Kier molecular flexibility index (Phi) is 3.95. The molecule has 1 aliphatic heterocycles. The molecule has 0 unspecified atom stereocenters. The number of non-ortho nitro benzene ring substituents is 1. The molecule has 0 fully saturated rings. The third-order valence-corrected chi connectivity index (χ3v) is 3.40. The number of carbonyl (C=O) groups excluding carboxylic acids is 1. The molecule has 0 spiro atoms. The monoisotopic (exact) mass is 299 g/mol. The number of nitriles is 1. The van der Waals surface area contributed by atoms with Crippen LogP contribution in [0.2, 0.25) is 0 Å². The summed E-state index contributed by atoms with van der Waals surface area (Å²) < 4.78 is 5.25. The molecule has 0 saturated heterocycles. The number of nitrogens with two attached hydrogens (primary N) is 1. The smallest absolute Gasteiger partial charge is 0.269 e. The van der Waals surface area contributed by atoms with Crippen molar-refractivity contribution in [3.63, 3.8) is 0 Å². The van der Waals surface area contributed by atoms with Gasteiger partial charge >= 0.3 is 0 Å². The Bertz CT molecular complexity index is 771. The number of hydrogen-bond donors (Lipinski definition) is 1. The zero-order valence-electron chi connectivity index (χ0n) is 12.0. The Balaban J connectivity index is 2.68. The number of nitro benzene ring substituents is 1. The Morgan fingerprint density at radius 1 is 1.50 bits per heavy atom. The molecule has 1 aromatic carbocycles. The summed E-state index contributed by atoms with van der Waals surface area (Å²) in [7, 11) is 0. The fourth-order valence-corrected chi connectivity index (χ4v) is 2.49. The molecule has 1 aromatic rings.